The third-order valence-electron chi connectivity index (χ3n) is 5.69. The van der Waals surface area contributed by atoms with E-state index >= 15 is 0 Å². The third-order valence-corrected chi connectivity index (χ3v) is 5.69. The number of anilines is 1. The number of rotatable bonds is 8. The maximum Gasteiger partial charge on any atom is 0.433 e. The molecule has 2 aromatic carbocycles. The summed E-state index contributed by atoms with van der Waals surface area (Å²) in [6.45, 7) is 0.777. The van der Waals surface area contributed by atoms with E-state index in [1.54, 1.807) is 42.6 Å². The van der Waals surface area contributed by atoms with Crippen LogP contribution in [0.15, 0.2) is 72.9 Å². The number of imidazole rings is 1. The predicted molar refractivity (Wildman–Crippen MR) is 136 cm³/mol. The standard InChI is InChI=1S/C27H22F4N6O/c28-19-4-1-2-5-21(19)34-15-24-36-25(26(37-24)22-6-3-7-23(35-22)27(29,30)31)16-8-9-20-17(12-16)13-18(14-33-20)38-11-10-32/h1-9,12-14,34H,10-11,15,32H2,(H,36,37). The lowest BCUT2D eigenvalue weighted by atomic mass is 10.1. The topological polar surface area (TPSA) is 102 Å². The second-order valence-electron chi connectivity index (χ2n) is 8.36. The molecular formula is C27H22F4N6O. The normalized spacial score (nSPS) is 11.6. The summed E-state index contributed by atoms with van der Waals surface area (Å²) in [6.07, 6.45) is -3.02. The molecule has 0 unspecified atom stereocenters. The van der Waals surface area contributed by atoms with E-state index in [1.165, 1.54) is 18.2 Å². The minimum Gasteiger partial charge on any atom is -0.491 e. The number of hydrogen-bond acceptors (Lipinski definition) is 6. The fourth-order valence-electron chi connectivity index (χ4n) is 3.93. The lowest BCUT2D eigenvalue weighted by molar-refractivity contribution is -0.141. The highest BCUT2D eigenvalue weighted by Crippen LogP contribution is 2.34. The number of benzene rings is 2. The molecule has 38 heavy (non-hydrogen) atoms. The summed E-state index contributed by atoms with van der Waals surface area (Å²) in [5.74, 6) is 0.490. The molecule has 4 N–H and O–H groups in total. The fourth-order valence-corrected chi connectivity index (χ4v) is 3.93. The highest BCUT2D eigenvalue weighted by atomic mass is 19.4. The zero-order valence-corrected chi connectivity index (χ0v) is 19.9. The molecule has 0 fully saturated rings. The smallest absolute Gasteiger partial charge is 0.433 e. The molecule has 3 heterocycles. The van der Waals surface area contributed by atoms with Crippen LogP contribution in [0.2, 0.25) is 0 Å². The molecule has 0 radical (unpaired) electrons. The number of pyridine rings is 2. The average molecular weight is 523 g/mol. The molecule has 0 bridgehead atoms. The van der Waals surface area contributed by atoms with Crippen molar-refractivity contribution < 1.29 is 22.3 Å². The molecule has 0 aliphatic heterocycles. The number of nitrogens with one attached hydrogen (secondary N) is 2. The molecule has 0 aliphatic rings. The number of fused-ring (bicyclic) bond motifs is 1. The minimum atomic E-state index is -4.61. The van der Waals surface area contributed by atoms with E-state index in [-0.39, 0.29) is 23.6 Å². The molecule has 0 spiro atoms. The van der Waals surface area contributed by atoms with Crippen LogP contribution in [0.25, 0.3) is 33.5 Å². The summed E-state index contributed by atoms with van der Waals surface area (Å²) >= 11 is 0. The molecule has 0 atom stereocenters. The van der Waals surface area contributed by atoms with E-state index in [1.807, 2.05) is 6.07 Å². The molecule has 5 rings (SSSR count). The van der Waals surface area contributed by atoms with E-state index < -0.39 is 17.7 Å². The molecule has 0 saturated carbocycles. The van der Waals surface area contributed by atoms with Crippen LogP contribution in [-0.4, -0.2) is 33.1 Å². The molecule has 0 aliphatic carbocycles. The van der Waals surface area contributed by atoms with Crippen molar-refractivity contribution in [1.29, 1.82) is 0 Å². The van der Waals surface area contributed by atoms with Gasteiger partial charge in [-0.15, -0.1) is 0 Å². The van der Waals surface area contributed by atoms with E-state index in [4.69, 9.17) is 10.5 Å². The number of para-hydroxylation sites is 1. The van der Waals surface area contributed by atoms with Crippen LogP contribution in [0.5, 0.6) is 5.75 Å². The SMILES string of the molecule is NCCOc1cnc2ccc(-c3[nH]c(CNc4ccccc4F)nc3-c3cccc(C(F)(F)F)n3)cc2c1. The summed E-state index contributed by atoms with van der Waals surface area (Å²) in [6, 6.07) is 17.0. The van der Waals surface area contributed by atoms with Gasteiger partial charge in [0.2, 0.25) is 0 Å². The van der Waals surface area contributed by atoms with Gasteiger partial charge in [0.1, 0.15) is 35.4 Å². The minimum absolute atomic E-state index is 0.0430. The van der Waals surface area contributed by atoms with Gasteiger partial charge in [-0.1, -0.05) is 24.3 Å². The first-order valence-electron chi connectivity index (χ1n) is 11.7. The summed E-state index contributed by atoms with van der Waals surface area (Å²) in [5.41, 5.74) is 6.83. The van der Waals surface area contributed by atoms with Crippen LogP contribution >= 0.6 is 0 Å². The summed E-state index contributed by atoms with van der Waals surface area (Å²) < 4.78 is 59.8. The van der Waals surface area contributed by atoms with Crippen molar-refractivity contribution in [3.63, 3.8) is 0 Å². The first-order valence-corrected chi connectivity index (χ1v) is 11.7. The lowest BCUT2D eigenvalue weighted by Crippen LogP contribution is -2.10. The highest BCUT2D eigenvalue weighted by molar-refractivity contribution is 5.87. The van der Waals surface area contributed by atoms with Crippen LogP contribution in [0.1, 0.15) is 11.5 Å². The molecule has 0 amide bonds. The zero-order valence-electron chi connectivity index (χ0n) is 19.9. The van der Waals surface area contributed by atoms with Crippen molar-refractivity contribution >= 4 is 16.6 Å². The number of nitrogens with zero attached hydrogens (tertiary/aromatic N) is 3. The Morgan fingerprint density at radius 3 is 2.61 bits per heavy atom. The van der Waals surface area contributed by atoms with Crippen molar-refractivity contribution in [2.24, 2.45) is 5.73 Å². The molecule has 3 aromatic heterocycles. The molecule has 5 aromatic rings. The quantitative estimate of drug-likeness (QED) is 0.223. The van der Waals surface area contributed by atoms with Crippen molar-refractivity contribution in [3.8, 4) is 28.4 Å². The number of nitrogens with two attached hydrogens (primary N) is 1. The second-order valence-corrected chi connectivity index (χ2v) is 8.36. The summed E-state index contributed by atoms with van der Waals surface area (Å²) in [5, 5.41) is 3.71. The molecule has 0 saturated heterocycles. The Morgan fingerprint density at radius 1 is 0.974 bits per heavy atom. The molecule has 194 valence electrons. The zero-order chi connectivity index (χ0) is 26.7. The Morgan fingerprint density at radius 2 is 1.82 bits per heavy atom. The summed E-state index contributed by atoms with van der Waals surface area (Å²) in [7, 11) is 0. The van der Waals surface area contributed by atoms with Crippen molar-refractivity contribution in [2.75, 3.05) is 18.5 Å². The monoisotopic (exact) mass is 522 g/mol. The number of alkyl halides is 3. The number of H-pyrrole nitrogens is 1. The van der Waals surface area contributed by atoms with Gasteiger partial charge in [-0.05, 0) is 42.5 Å². The first kappa shape index (κ1) is 25.2. The number of ether oxygens (including phenoxy) is 1. The Labute approximate surface area is 214 Å². The van der Waals surface area contributed by atoms with Gasteiger partial charge in [-0.3, -0.25) is 4.98 Å². The molecule has 11 heteroatoms. The van der Waals surface area contributed by atoms with E-state index in [2.05, 4.69) is 25.3 Å². The van der Waals surface area contributed by atoms with Gasteiger partial charge in [-0.25, -0.2) is 14.4 Å². The van der Waals surface area contributed by atoms with Crippen LogP contribution in [0.3, 0.4) is 0 Å². The van der Waals surface area contributed by atoms with Crippen molar-refractivity contribution in [1.82, 2.24) is 19.9 Å². The van der Waals surface area contributed by atoms with Crippen LogP contribution in [0, 0.1) is 5.82 Å². The van der Waals surface area contributed by atoms with E-state index in [0.717, 1.165) is 11.5 Å². The predicted octanol–water partition coefficient (Wildman–Crippen LogP) is 5.79. The number of aromatic nitrogens is 4. The number of halogens is 4. The highest BCUT2D eigenvalue weighted by Gasteiger charge is 2.33. The third kappa shape index (κ3) is 5.42. The fraction of sp³-hybridized carbons (Fsp3) is 0.148. The van der Waals surface area contributed by atoms with Crippen molar-refractivity contribution in [3.05, 3.63) is 90.3 Å². The van der Waals surface area contributed by atoms with Crippen LogP contribution in [0.4, 0.5) is 23.2 Å². The summed E-state index contributed by atoms with van der Waals surface area (Å²) in [4.78, 5) is 15.9. The second kappa shape index (κ2) is 10.5. The van der Waals surface area contributed by atoms with E-state index in [0.29, 0.717) is 41.5 Å². The van der Waals surface area contributed by atoms with Gasteiger partial charge >= 0.3 is 6.18 Å². The maximum atomic E-state index is 14.1. The lowest BCUT2D eigenvalue weighted by Gasteiger charge is -2.09. The van der Waals surface area contributed by atoms with Gasteiger partial charge in [0.15, 0.2) is 0 Å². The molecule has 7 nitrogen and oxygen atoms in total. The Bertz CT molecular complexity index is 1580. The van der Waals surface area contributed by atoms with Gasteiger partial charge < -0.3 is 20.8 Å². The van der Waals surface area contributed by atoms with Gasteiger partial charge in [0.25, 0.3) is 0 Å². The Hall–Kier alpha value is -4.51. The van der Waals surface area contributed by atoms with Gasteiger partial charge in [0.05, 0.1) is 35.3 Å². The van der Waals surface area contributed by atoms with Crippen LogP contribution in [-0.2, 0) is 12.7 Å². The van der Waals surface area contributed by atoms with Gasteiger partial charge in [0, 0.05) is 17.5 Å². The maximum absolute atomic E-state index is 14.1. The number of aromatic amines is 1. The average Bonchev–Trinajstić information content (AvgIpc) is 3.35. The Balaban J connectivity index is 1.57. The van der Waals surface area contributed by atoms with Gasteiger partial charge in [-0.2, -0.15) is 13.2 Å². The largest absolute Gasteiger partial charge is 0.491 e. The Kier molecular flexibility index (Phi) is 6.93. The van der Waals surface area contributed by atoms with E-state index in [9.17, 15) is 17.6 Å². The van der Waals surface area contributed by atoms with Crippen LogP contribution < -0.4 is 15.8 Å². The number of hydrogen-bond donors (Lipinski definition) is 3. The van der Waals surface area contributed by atoms with Crippen molar-refractivity contribution in [2.45, 2.75) is 12.7 Å². The first-order chi connectivity index (χ1) is 18.3. The molecular weight excluding hydrogens is 500 g/mol.